The largest absolute Gasteiger partial charge is 0.328 e. The van der Waals surface area contributed by atoms with Crippen LogP contribution < -0.4 is 4.16 Å². The molecule has 75 valence electrons. The minimum Gasteiger partial charge on any atom is -0.328 e. The third-order valence-corrected chi connectivity index (χ3v) is 3.78. The molecule has 5 heteroatoms. The topological polar surface area (TPSA) is 60.7 Å². The molecule has 0 aromatic heterocycles. The molecule has 1 aromatic carbocycles. The van der Waals surface area contributed by atoms with Gasteiger partial charge in [0.05, 0.1) is 0 Å². The second-order valence-corrected chi connectivity index (χ2v) is 5.19. The van der Waals surface area contributed by atoms with Gasteiger partial charge in [-0.3, -0.25) is 0 Å². The SMILES string of the molecule is Cc1cc[c]([Zn])c(C)c1C.OP(O)O. The second kappa shape index (κ2) is 6.60. The second-order valence-electron chi connectivity index (χ2n) is 3.06. The van der Waals surface area contributed by atoms with Gasteiger partial charge in [0, 0.05) is 0 Å². The first-order chi connectivity index (χ1) is 6.36. The van der Waals surface area contributed by atoms with Crippen molar-refractivity contribution in [2.45, 2.75) is 20.8 Å². The van der Waals surface area contributed by atoms with Gasteiger partial charge < -0.3 is 14.7 Å². The molecule has 0 aliphatic heterocycles. The van der Waals surface area contributed by atoms with Gasteiger partial charge in [0.1, 0.15) is 0 Å². The van der Waals surface area contributed by atoms with Gasteiger partial charge >= 0.3 is 80.7 Å². The molecular weight excluding hydrogens is 252 g/mol. The number of benzene rings is 1. The van der Waals surface area contributed by atoms with E-state index in [4.69, 9.17) is 14.7 Å². The first-order valence-electron chi connectivity index (χ1n) is 4.11. The fourth-order valence-electron chi connectivity index (χ4n) is 1.01. The summed E-state index contributed by atoms with van der Waals surface area (Å²) in [7, 11) is -2.62. The van der Waals surface area contributed by atoms with Gasteiger partial charge in [-0.05, 0) is 0 Å². The predicted octanol–water partition coefficient (Wildman–Crippen LogP) is 0.974. The Labute approximate surface area is 95.5 Å². The minimum atomic E-state index is -2.62. The predicted molar refractivity (Wildman–Crippen MR) is 53.9 cm³/mol. The van der Waals surface area contributed by atoms with E-state index in [0.29, 0.717) is 0 Å². The molecule has 1 aromatic rings. The van der Waals surface area contributed by atoms with E-state index in [0.717, 1.165) is 0 Å². The maximum Gasteiger partial charge on any atom is 0.324 e. The van der Waals surface area contributed by atoms with Crippen LogP contribution in [0, 0.1) is 20.8 Å². The van der Waals surface area contributed by atoms with E-state index in [-0.39, 0.29) is 0 Å². The normalized spacial score (nSPS) is 9.79. The third-order valence-electron chi connectivity index (χ3n) is 2.17. The fraction of sp³-hybridized carbons (Fsp3) is 0.333. The Morgan fingerprint density at radius 1 is 1.00 bits per heavy atom. The molecule has 0 heterocycles. The zero-order valence-corrected chi connectivity index (χ0v) is 12.5. The van der Waals surface area contributed by atoms with Crippen LogP contribution in [0.4, 0.5) is 0 Å². The first kappa shape index (κ1) is 14.2. The van der Waals surface area contributed by atoms with Crippen LogP contribution in [-0.4, -0.2) is 14.7 Å². The Hall–Kier alpha value is 0.153. The summed E-state index contributed by atoms with van der Waals surface area (Å²) in [5.41, 5.74) is 4.36. The summed E-state index contributed by atoms with van der Waals surface area (Å²) in [6, 6.07) is 4.44. The minimum absolute atomic E-state index is 1.27. The Kier molecular flexibility index (Phi) is 6.68. The molecule has 0 saturated heterocycles. The first-order valence-corrected chi connectivity index (χ1v) is 6.80. The van der Waals surface area contributed by atoms with Crippen LogP contribution in [0.5, 0.6) is 0 Å². The summed E-state index contributed by atoms with van der Waals surface area (Å²) in [5.74, 6) is 0. The number of hydrogen-bond acceptors (Lipinski definition) is 3. The summed E-state index contributed by atoms with van der Waals surface area (Å²) < 4.78 is 1.52. The summed E-state index contributed by atoms with van der Waals surface area (Å²) in [6.07, 6.45) is 0. The molecule has 0 amide bonds. The molecule has 0 aliphatic rings. The zero-order chi connectivity index (χ0) is 11.3. The molecule has 0 radical (unpaired) electrons. The van der Waals surface area contributed by atoms with Crippen molar-refractivity contribution in [2.24, 2.45) is 0 Å². The third kappa shape index (κ3) is 5.14. The van der Waals surface area contributed by atoms with Crippen molar-refractivity contribution in [2.75, 3.05) is 0 Å². The molecular formula is C9H14O3PZn. The van der Waals surface area contributed by atoms with Gasteiger partial charge in [0.2, 0.25) is 0 Å². The van der Waals surface area contributed by atoms with Crippen LogP contribution in [0.1, 0.15) is 16.7 Å². The maximum absolute atomic E-state index is 7.23. The van der Waals surface area contributed by atoms with Gasteiger partial charge in [0.25, 0.3) is 0 Å². The Morgan fingerprint density at radius 2 is 1.43 bits per heavy atom. The fourth-order valence-corrected chi connectivity index (χ4v) is 1.82. The van der Waals surface area contributed by atoms with Crippen LogP contribution in [0.15, 0.2) is 12.1 Å². The summed E-state index contributed by atoms with van der Waals surface area (Å²) in [4.78, 5) is 21.7. The monoisotopic (exact) mass is 265 g/mol. The maximum atomic E-state index is 7.23. The molecule has 0 spiro atoms. The molecule has 0 unspecified atom stereocenters. The molecule has 0 fully saturated rings. The molecule has 1 rings (SSSR count). The Balaban J connectivity index is 0.000000364. The van der Waals surface area contributed by atoms with Crippen molar-refractivity contribution in [3.8, 4) is 0 Å². The van der Waals surface area contributed by atoms with Crippen LogP contribution in [-0.2, 0) is 18.3 Å². The van der Waals surface area contributed by atoms with E-state index in [2.05, 4.69) is 32.9 Å². The van der Waals surface area contributed by atoms with E-state index in [1.165, 1.54) is 39.2 Å². The molecule has 0 atom stereocenters. The zero-order valence-electron chi connectivity index (χ0n) is 8.65. The van der Waals surface area contributed by atoms with Crippen molar-refractivity contribution < 1.29 is 33.0 Å². The van der Waals surface area contributed by atoms with Gasteiger partial charge in [0.15, 0.2) is 0 Å². The van der Waals surface area contributed by atoms with Crippen molar-refractivity contribution in [3.63, 3.8) is 0 Å². The van der Waals surface area contributed by atoms with Crippen LogP contribution in [0.25, 0.3) is 0 Å². The Morgan fingerprint density at radius 3 is 1.79 bits per heavy atom. The van der Waals surface area contributed by atoms with E-state index in [1.54, 1.807) is 0 Å². The summed E-state index contributed by atoms with van der Waals surface area (Å²) >= 11 is 1.27. The average molecular weight is 267 g/mol. The van der Waals surface area contributed by atoms with Gasteiger partial charge in [-0.2, -0.15) is 0 Å². The molecule has 0 saturated carbocycles. The van der Waals surface area contributed by atoms with Crippen molar-refractivity contribution >= 4 is 12.8 Å². The van der Waals surface area contributed by atoms with Gasteiger partial charge in [-0.25, -0.2) is 0 Å². The standard InChI is InChI=1S/C9H11.H3O3P.Zn/c1-7-5-4-6-8(2)9(7)3;1-4(2)3;/h4-5H,1-3H3;1-3H;. The van der Waals surface area contributed by atoms with Crippen LogP contribution >= 0.6 is 8.60 Å². The van der Waals surface area contributed by atoms with Crippen LogP contribution in [0.2, 0.25) is 0 Å². The quantitative estimate of drug-likeness (QED) is 0.484. The van der Waals surface area contributed by atoms with Gasteiger partial charge in [-0.1, -0.05) is 0 Å². The summed E-state index contributed by atoms with van der Waals surface area (Å²) in [5, 5.41) is 0. The van der Waals surface area contributed by atoms with E-state index < -0.39 is 8.60 Å². The molecule has 3 nitrogen and oxygen atoms in total. The number of aryl methyl sites for hydroxylation is 1. The molecule has 3 N–H and O–H groups in total. The van der Waals surface area contributed by atoms with Crippen molar-refractivity contribution in [1.82, 2.24) is 0 Å². The van der Waals surface area contributed by atoms with Crippen molar-refractivity contribution in [1.29, 1.82) is 0 Å². The average Bonchev–Trinajstić information content (AvgIpc) is 2.07. The van der Waals surface area contributed by atoms with E-state index in [1.807, 2.05) is 0 Å². The van der Waals surface area contributed by atoms with Crippen molar-refractivity contribution in [3.05, 3.63) is 28.8 Å². The van der Waals surface area contributed by atoms with Gasteiger partial charge in [-0.15, -0.1) is 0 Å². The van der Waals surface area contributed by atoms with E-state index in [9.17, 15) is 0 Å². The number of rotatable bonds is 0. The smallest absolute Gasteiger partial charge is 0.324 e. The molecule has 14 heavy (non-hydrogen) atoms. The Bertz CT molecular complexity index is 273. The molecule has 0 bridgehead atoms. The van der Waals surface area contributed by atoms with Crippen LogP contribution in [0.3, 0.4) is 0 Å². The molecule has 0 aliphatic carbocycles. The number of hydrogen-bond donors (Lipinski definition) is 3. The summed E-state index contributed by atoms with van der Waals surface area (Å²) in [6.45, 7) is 6.58. The van der Waals surface area contributed by atoms with E-state index >= 15 is 0 Å².